The molecule has 96 valence electrons. The zero-order valence-corrected chi connectivity index (χ0v) is 11.2. The van der Waals surface area contributed by atoms with Gasteiger partial charge in [0, 0.05) is 38.3 Å². The first-order valence-corrected chi connectivity index (χ1v) is 6.29. The third-order valence-corrected chi connectivity index (χ3v) is 2.95. The SMILES string of the molecule is CC(C)NCC1COCCN1CCN(C)C. The van der Waals surface area contributed by atoms with Gasteiger partial charge in [-0.25, -0.2) is 0 Å². The predicted octanol–water partition coefficient (Wildman–Crippen LogP) is 0.247. The van der Waals surface area contributed by atoms with Gasteiger partial charge in [-0.15, -0.1) is 0 Å². The number of likely N-dealkylation sites (N-methyl/N-ethyl adjacent to an activating group) is 1. The molecule has 4 nitrogen and oxygen atoms in total. The summed E-state index contributed by atoms with van der Waals surface area (Å²) in [6.07, 6.45) is 0. The van der Waals surface area contributed by atoms with Crippen LogP contribution in [0, 0.1) is 0 Å². The van der Waals surface area contributed by atoms with Gasteiger partial charge in [0.1, 0.15) is 0 Å². The van der Waals surface area contributed by atoms with Gasteiger partial charge in [0.2, 0.25) is 0 Å². The van der Waals surface area contributed by atoms with E-state index in [4.69, 9.17) is 4.74 Å². The van der Waals surface area contributed by atoms with Gasteiger partial charge < -0.3 is 15.0 Å². The Kier molecular flexibility index (Phi) is 6.28. The van der Waals surface area contributed by atoms with Crippen molar-refractivity contribution in [2.75, 3.05) is 53.5 Å². The fraction of sp³-hybridized carbons (Fsp3) is 1.00. The van der Waals surface area contributed by atoms with E-state index in [1.807, 2.05) is 0 Å². The molecule has 0 bridgehead atoms. The predicted molar refractivity (Wildman–Crippen MR) is 67.9 cm³/mol. The highest BCUT2D eigenvalue weighted by Gasteiger charge is 2.22. The number of rotatable bonds is 6. The van der Waals surface area contributed by atoms with Crippen molar-refractivity contribution in [1.82, 2.24) is 15.1 Å². The minimum Gasteiger partial charge on any atom is -0.378 e. The molecule has 16 heavy (non-hydrogen) atoms. The molecule has 0 radical (unpaired) electrons. The van der Waals surface area contributed by atoms with Crippen molar-refractivity contribution in [2.45, 2.75) is 25.9 Å². The van der Waals surface area contributed by atoms with Crippen molar-refractivity contribution in [2.24, 2.45) is 0 Å². The molecule has 1 N–H and O–H groups in total. The molecule has 1 aliphatic rings. The summed E-state index contributed by atoms with van der Waals surface area (Å²) >= 11 is 0. The minimum atomic E-state index is 0.538. The highest BCUT2D eigenvalue weighted by molar-refractivity contribution is 4.78. The smallest absolute Gasteiger partial charge is 0.0634 e. The Morgan fingerprint density at radius 2 is 2.19 bits per heavy atom. The third kappa shape index (κ3) is 5.25. The second kappa shape index (κ2) is 7.22. The molecule has 0 aliphatic carbocycles. The lowest BCUT2D eigenvalue weighted by atomic mass is 10.2. The highest BCUT2D eigenvalue weighted by Crippen LogP contribution is 2.06. The highest BCUT2D eigenvalue weighted by atomic mass is 16.5. The van der Waals surface area contributed by atoms with Crippen LogP contribution in [-0.4, -0.2) is 75.4 Å². The van der Waals surface area contributed by atoms with Gasteiger partial charge in [-0.05, 0) is 14.1 Å². The number of hydrogen-bond acceptors (Lipinski definition) is 4. The number of ether oxygens (including phenoxy) is 1. The zero-order valence-electron chi connectivity index (χ0n) is 11.2. The molecule has 0 aromatic carbocycles. The molecule has 1 saturated heterocycles. The van der Waals surface area contributed by atoms with Gasteiger partial charge in [0.05, 0.1) is 13.2 Å². The van der Waals surface area contributed by atoms with Crippen molar-refractivity contribution in [1.29, 1.82) is 0 Å². The maximum absolute atomic E-state index is 5.56. The van der Waals surface area contributed by atoms with Crippen LogP contribution >= 0.6 is 0 Å². The van der Waals surface area contributed by atoms with Gasteiger partial charge in [0.15, 0.2) is 0 Å². The Morgan fingerprint density at radius 1 is 1.44 bits per heavy atom. The molecule has 4 heteroatoms. The lowest BCUT2D eigenvalue weighted by Gasteiger charge is -2.36. The molecule has 0 spiro atoms. The third-order valence-electron chi connectivity index (χ3n) is 2.95. The molecule has 1 atom stereocenters. The summed E-state index contributed by atoms with van der Waals surface area (Å²) in [5.41, 5.74) is 0. The molecule has 1 aliphatic heterocycles. The van der Waals surface area contributed by atoms with Gasteiger partial charge >= 0.3 is 0 Å². The molecule has 0 saturated carbocycles. The summed E-state index contributed by atoms with van der Waals surface area (Å²) in [6, 6.07) is 1.09. The molecule has 0 aromatic rings. The first kappa shape index (κ1) is 13.9. The van der Waals surface area contributed by atoms with E-state index >= 15 is 0 Å². The van der Waals surface area contributed by atoms with E-state index in [1.165, 1.54) is 0 Å². The van der Waals surface area contributed by atoms with E-state index in [1.54, 1.807) is 0 Å². The number of morpholine rings is 1. The number of hydrogen-bond donors (Lipinski definition) is 1. The molecule has 1 heterocycles. The van der Waals surface area contributed by atoms with E-state index in [9.17, 15) is 0 Å². The van der Waals surface area contributed by atoms with Crippen LogP contribution in [-0.2, 0) is 4.74 Å². The van der Waals surface area contributed by atoms with Gasteiger partial charge in [-0.1, -0.05) is 13.8 Å². The Hall–Kier alpha value is -0.160. The average molecular weight is 229 g/mol. The topological polar surface area (TPSA) is 27.7 Å². The van der Waals surface area contributed by atoms with Gasteiger partial charge in [0.25, 0.3) is 0 Å². The van der Waals surface area contributed by atoms with E-state index < -0.39 is 0 Å². The van der Waals surface area contributed by atoms with Crippen LogP contribution in [0.3, 0.4) is 0 Å². The molecule has 1 fully saturated rings. The standard InChI is InChI=1S/C12H27N3O/c1-11(2)13-9-12-10-16-8-7-15(12)6-5-14(3)4/h11-13H,5-10H2,1-4H3. The van der Waals surface area contributed by atoms with E-state index in [0.717, 1.165) is 39.4 Å². The Balaban J connectivity index is 2.31. The monoisotopic (exact) mass is 229 g/mol. The van der Waals surface area contributed by atoms with Crippen molar-refractivity contribution >= 4 is 0 Å². The maximum Gasteiger partial charge on any atom is 0.0634 e. The Bertz CT molecular complexity index is 165. The Morgan fingerprint density at radius 3 is 2.81 bits per heavy atom. The summed E-state index contributed by atoms with van der Waals surface area (Å²) in [6.45, 7) is 10.5. The molecule has 0 amide bonds. The summed E-state index contributed by atoms with van der Waals surface area (Å²) in [5, 5.41) is 3.50. The van der Waals surface area contributed by atoms with Crippen LogP contribution in [0.15, 0.2) is 0 Å². The maximum atomic E-state index is 5.56. The molecule has 0 aromatic heterocycles. The minimum absolute atomic E-state index is 0.538. The van der Waals surface area contributed by atoms with Crippen LogP contribution in [0.25, 0.3) is 0 Å². The second-order valence-corrected chi connectivity index (χ2v) is 5.13. The molecular formula is C12H27N3O. The number of nitrogens with zero attached hydrogens (tertiary/aromatic N) is 2. The molecular weight excluding hydrogens is 202 g/mol. The summed E-state index contributed by atoms with van der Waals surface area (Å²) in [7, 11) is 4.25. The van der Waals surface area contributed by atoms with E-state index in [2.05, 4.69) is 43.1 Å². The summed E-state index contributed by atoms with van der Waals surface area (Å²) < 4.78 is 5.56. The number of nitrogens with one attached hydrogen (secondary N) is 1. The Labute approximate surface area is 99.9 Å². The van der Waals surface area contributed by atoms with Crippen molar-refractivity contribution in [3.63, 3.8) is 0 Å². The van der Waals surface area contributed by atoms with E-state index in [0.29, 0.717) is 12.1 Å². The van der Waals surface area contributed by atoms with Crippen LogP contribution in [0.4, 0.5) is 0 Å². The van der Waals surface area contributed by atoms with Gasteiger partial charge in [-0.2, -0.15) is 0 Å². The van der Waals surface area contributed by atoms with Crippen molar-refractivity contribution < 1.29 is 4.74 Å². The zero-order chi connectivity index (χ0) is 12.0. The largest absolute Gasteiger partial charge is 0.378 e. The van der Waals surface area contributed by atoms with Crippen LogP contribution in [0.5, 0.6) is 0 Å². The normalized spacial score (nSPS) is 23.2. The first-order chi connectivity index (χ1) is 7.59. The van der Waals surface area contributed by atoms with Crippen molar-refractivity contribution in [3.05, 3.63) is 0 Å². The molecule has 1 unspecified atom stereocenters. The lowest BCUT2D eigenvalue weighted by Crippen LogP contribution is -2.52. The van der Waals surface area contributed by atoms with Crippen LogP contribution < -0.4 is 5.32 Å². The van der Waals surface area contributed by atoms with Crippen LogP contribution in [0.2, 0.25) is 0 Å². The fourth-order valence-corrected chi connectivity index (χ4v) is 1.87. The van der Waals surface area contributed by atoms with E-state index in [-0.39, 0.29) is 0 Å². The fourth-order valence-electron chi connectivity index (χ4n) is 1.87. The van der Waals surface area contributed by atoms with Crippen molar-refractivity contribution in [3.8, 4) is 0 Å². The second-order valence-electron chi connectivity index (χ2n) is 5.13. The summed E-state index contributed by atoms with van der Waals surface area (Å²) in [5.74, 6) is 0. The molecule has 1 rings (SSSR count). The summed E-state index contributed by atoms with van der Waals surface area (Å²) in [4.78, 5) is 4.78. The van der Waals surface area contributed by atoms with Crippen LogP contribution in [0.1, 0.15) is 13.8 Å². The lowest BCUT2D eigenvalue weighted by molar-refractivity contribution is -0.00934. The van der Waals surface area contributed by atoms with Gasteiger partial charge in [-0.3, -0.25) is 4.90 Å². The quantitative estimate of drug-likeness (QED) is 0.706. The first-order valence-electron chi connectivity index (χ1n) is 6.29. The average Bonchev–Trinajstić information content (AvgIpc) is 2.24.